The number of anilines is 1. The number of benzene rings is 1. The van der Waals surface area contributed by atoms with Gasteiger partial charge in [-0.3, -0.25) is 4.79 Å². The predicted molar refractivity (Wildman–Crippen MR) is 88.7 cm³/mol. The Bertz CT molecular complexity index is 739. The summed E-state index contributed by atoms with van der Waals surface area (Å²) in [5.74, 6) is -0.105. The summed E-state index contributed by atoms with van der Waals surface area (Å²) in [7, 11) is 1.65. The van der Waals surface area contributed by atoms with Gasteiger partial charge in [0.25, 0.3) is 5.56 Å². The van der Waals surface area contributed by atoms with E-state index in [1.54, 1.807) is 19.3 Å². The van der Waals surface area contributed by atoms with Gasteiger partial charge in [-0.25, -0.2) is 4.79 Å². The minimum absolute atomic E-state index is 0.212. The molecule has 2 heterocycles. The number of esters is 1. The van der Waals surface area contributed by atoms with E-state index < -0.39 is 5.97 Å². The van der Waals surface area contributed by atoms with Crippen LogP contribution in [0, 0.1) is 5.92 Å². The largest absolute Gasteiger partial charge is 0.462 e. The van der Waals surface area contributed by atoms with Crippen LogP contribution in [0.25, 0.3) is 0 Å². The Kier molecular flexibility index (Phi) is 4.46. The van der Waals surface area contributed by atoms with E-state index in [1.165, 1.54) is 16.3 Å². The van der Waals surface area contributed by atoms with E-state index in [4.69, 9.17) is 4.74 Å². The summed E-state index contributed by atoms with van der Waals surface area (Å²) >= 11 is 0. The summed E-state index contributed by atoms with van der Waals surface area (Å²) in [5, 5.41) is 0. The maximum absolute atomic E-state index is 12.0. The highest BCUT2D eigenvalue weighted by Gasteiger charge is 2.24. The highest BCUT2D eigenvalue weighted by molar-refractivity contribution is 5.89. The predicted octanol–water partition coefficient (Wildman–Crippen LogP) is 2.07. The molecule has 1 aromatic carbocycles. The molecule has 1 atom stereocenters. The van der Waals surface area contributed by atoms with Crippen LogP contribution < -0.4 is 10.5 Å². The standard InChI is InChI=1S/C18H20N2O3/c1-19-9-8-15(11-17(19)21)18(22)23-13-14-7-10-20(12-14)16-5-3-2-4-6-16/h2-6,8-9,11,14H,7,10,12-13H2,1H3. The van der Waals surface area contributed by atoms with Crippen molar-refractivity contribution in [2.75, 3.05) is 24.6 Å². The fraction of sp³-hybridized carbons (Fsp3) is 0.333. The minimum Gasteiger partial charge on any atom is -0.462 e. The SMILES string of the molecule is Cn1ccc(C(=O)OCC2CCN(c3ccccc3)C2)cc1=O. The Morgan fingerprint density at radius 1 is 1.26 bits per heavy atom. The Morgan fingerprint density at radius 2 is 2.04 bits per heavy atom. The number of aromatic nitrogens is 1. The van der Waals surface area contributed by atoms with E-state index >= 15 is 0 Å². The van der Waals surface area contributed by atoms with Gasteiger partial charge in [-0.2, -0.15) is 0 Å². The molecular weight excluding hydrogens is 292 g/mol. The molecule has 1 aliphatic heterocycles. The Morgan fingerprint density at radius 3 is 2.78 bits per heavy atom. The molecule has 5 heteroatoms. The molecule has 0 N–H and O–H groups in total. The van der Waals surface area contributed by atoms with Crippen LogP contribution in [-0.4, -0.2) is 30.2 Å². The monoisotopic (exact) mass is 312 g/mol. The number of hydrogen-bond acceptors (Lipinski definition) is 4. The summed E-state index contributed by atoms with van der Waals surface area (Å²) in [4.78, 5) is 25.9. The van der Waals surface area contributed by atoms with Crippen LogP contribution in [0.5, 0.6) is 0 Å². The lowest BCUT2D eigenvalue weighted by atomic mass is 10.1. The quantitative estimate of drug-likeness (QED) is 0.811. The fourth-order valence-electron chi connectivity index (χ4n) is 2.79. The van der Waals surface area contributed by atoms with Gasteiger partial charge in [0.05, 0.1) is 12.2 Å². The molecule has 23 heavy (non-hydrogen) atoms. The van der Waals surface area contributed by atoms with Crippen LogP contribution in [0.4, 0.5) is 5.69 Å². The van der Waals surface area contributed by atoms with Crippen LogP contribution in [-0.2, 0) is 11.8 Å². The van der Waals surface area contributed by atoms with Crippen LogP contribution in [0.1, 0.15) is 16.8 Å². The number of aryl methyl sites for hydroxylation is 1. The second-order valence-electron chi connectivity index (χ2n) is 5.90. The van der Waals surface area contributed by atoms with Gasteiger partial charge in [0, 0.05) is 44.0 Å². The molecule has 1 saturated heterocycles. The molecule has 0 amide bonds. The number of pyridine rings is 1. The minimum atomic E-state index is -0.430. The Hall–Kier alpha value is -2.56. The Labute approximate surface area is 135 Å². The molecule has 1 aromatic heterocycles. The summed E-state index contributed by atoms with van der Waals surface area (Å²) in [6.07, 6.45) is 2.57. The molecule has 0 radical (unpaired) electrons. The molecule has 1 aliphatic rings. The summed E-state index contributed by atoms with van der Waals surface area (Å²) < 4.78 is 6.80. The van der Waals surface area contributed by atoms with Gasteiger partial charge >= 0.3 is 5.97 Å². The molecule has 120 valence electrons. The van der Waals surface area contributed by atoms with E-state index in [1.807, 2.05) is 18.2 Å². The van der Waals surface area contributed by atoms with Crippen molar-refractivity contribution < 1.29 is 9.53 Å². The van der Waals surface area contributed by atoms with Crippen molar-refractivity contribution in [2.45, 2.75) is 6.42 Å². The summed E-state index contributed by atoms with van der Waals surface area (Å²) in [5.41, 5.74) is 1.30. The van der Waals surface area contributed by atoms with Crippen molar-refractivity contribution in [3.8, 4) is 0 Å². The smallest absolute Gasteiger partial charge is 0.338 e. The molecule has 1 fully saturated rings. The first kappa shape index (κ1) is 15.3. The molecule has 5 nitrogen and oxygen atoms in total. The zero-order valence-corrected chi connectivity index (χ0v) is 13.1. The molecule has 3 rings (SSSR count). The molecule has 0 bridgehead atoms. The third-order valence-corrected chi connectivity index (χ3v) is 4.20. The fourth-order valence-corrected chi connectivity index (χ4v) is 2.79. The van der Waals surface area contributed by atoms with Crippen molar-refractivity contribution in [3.63, 3.8) is 0 Å². The van der Waals surface area contributed by atoms with Crippen LogP contribution in [0.15, 0.2) is 53.5 Å². The van der Waals surface area contributed by atoms with E-state index in [-0.39, 0.29) is 5.56 Å². The number of rotatable bonds is 4. The first-order valence-electron chi connectivity index (χ1n) is 7.77. The van der Waals surface area contributed by atoms with Crippen molar-refractivity contribution in [1.29, 1.82) is 0 Å². The van der Waals surface area contributed by atoms with E-state index in [0.29, 0.717) is 18.1 Å². The highest BCUT2D eigenvalue weighted by Crippen LogP contribution is 2.23. The van der Waals surface area contributed by atoms with E-state index in [0.717, 1.165) is 19.5 Å². The molecular formula is C18H20N2O3. The molecule has 2 aromatic rings. The van der Waals surface area contributed by atoms with Crippen molar-refractivity contribution in [2.24, 2.45) is 13.0 Å². The lowest BCUT2D eigenvalue weighted by molar-refractivity contribution is 0.0450. The van der Waals surface area contributed by atoms with Gasteiger partial charge in [-0.1, -0.05) is 18.2 Å². The van der Waals surface area contributed by atoms with Crippen LogP contribution in [0.3, 0.4) is 0 Å². The third-order valence-electron chi connectivity index (χ3n) is 4.20. The normalized spacial score (nSPS) is 17.3. The summed E-state index contributed by atoms with van der Waals surface area (Å²) in [6, 6.07) is 13.2. The number of para-hydroxylation sites is 1. The van der Waals surface area contributed by atoms with Crippen LogP contribution in [0.2, 0.25) is 0 Å². The average molecular weight is 312 g/mol. The van der Waals surface area contributed by atoms with Gasteiger partial charge in [0.2, 0.25) is 0 Å². The first-order valence-corrected chi connectivity index (χ1v) is 7.77. The van der Waals surface area contributed by atoms with Crippen LogP contribution >= 0.6 is 0 Å². The number of hydrogen-bond donors (Lipinski definition) is 0. The molecule has 0 saturated carbocycles. The third kappa shape index (κ3) is 3.62. The average Bonchev–Trinajstić information content (AvgIpc) is 3.05. The lowest BCUT2D eigenvalue weighted by Crippen LogP contribution is -2.22. The van der Waals surface area contributed by atoms with Gasteiger partial charge in [-0.15, -0.1) is 0 Å². The number of ether oxygens (including phenoxy) is 1. The zero-order chi connectivity index (χ0) is 16.2. The van der Waals surface area contributed by atoms with Gasteiger partial charge in [-0.05, 0) is 24.6 Å². The second kappa shape index (κ2) is 6.69. The van der Waals surface area contributed by atoms with Crippen molar-refractivity contribution in [3.05, 3.63) is 64.6 Å². The van der Waals surface area contributed by atoms with Crippen molar-refractivity contribution in [1.82, 2.24) is 4.57 Å². The van der Waals surface area contributed by atoms with Crippen molar-refractivity contribution >= 4 is 11.7 Å². The first-order chi connectivity index (χ1) is 11.1. The topological polar surface area (TPSA) is 51.5 Å². The zero-order valence-electron chi connectivity index (χ0n) is 13.1. The van der Waals surface area contributed by atoms with Gasteiger partial charge in [0.15, 0.2) is 0 Å². The number of carbonyl (C=O) groups is 1. The highest BCUT2D eigenvalue weighted by atomic mass is 16.5. The van der Waals surface area contributed by atoms with Gasteiger partial charge in [0.1, 0.15) is 0 Å². The Balaban J connectivity index is 1.54. The maximum Gasteiger partial charge on any atom is 0.338 e. The summed E-state index contributed by atoms with van der Waals surface area (Å²) in [6.45, 7) is 2.24. The molecule has 0 spiro atoms. The lowest BCUT2D eigenvalue weighted by Gasteiger charge is -2.18. The molecule has 1 unspecified atom stereocenters. The molecule has 0 aliphatic carbocycles. The van der Waals surface area contributed by atoms with Gasteiger partial charge < -0.3 is 14.2 Å². The van der Waals surface area contributed by atoms with E-state index in [9.17, 15) is 9.59 Å². The number of nitrogens with zero attached hydrogens (tertiary/aromatic N) is 2. The second-order valence-corrected chi connectivity index (χ2v) is 5.90. The number of carbonyl (C=O) groups excluding carboxylic acids is 1. The van der Waals surface area contributed by atoms with E-state index in [2.05, 4.69) is 17.0 Å². The maximum atomic E-state index is 12.0.